The molecule has 1 N–H and O–H groups in total. The van der Waals surface area contributed by atoms with Gasteiger partial charge in [0.05, 0.1) is 32.3 Å². The van der Waals surface area contributed by atoms with Gasteiger partial charge in [-0.3, -0.25) is 4.79 Å². The second-order valence-corrected chi connectivity index (χ2v) is 8.78. The van der Waals surface area contributed by atoms with Gasteiger partial charge in [-0.2, -0.15) is 0 Å². The van der Waals surface area contributed by atoms with Gasteiger partial charge in [0.1, 0.15) is 6.54 Å². The number of aryl methyl sites for hydroxylation is 1. The van der Waals surface area contributed by atoms with Crippen LogP contribution in [0.4, 0.5) is 5.69 Å². The highest BCUT2D eigenvalue weighted by atomic mass is 35.5. The van der Waals surface area contributed by atoms with E-state index in [1.165, 1.54) is 10.6 Å². The number of anilines is 1. The maximum Gasteiger partial charge on any atom is 0.218 e. The molecule has 0 saturated carbocycles. The van der Waals surface area contributed by atoms with Gasteiger partial charge in [-0.25, -0.2) is 0 Å². The normalized spacial score (nSPS) is 20.4. The van der Waals surface area contributed by atoms with Crippen molar-refractivity contribution in [3.05, 3.63) is 52.3 Å². The Kier molecular flexibility index (Phi) is 6.28. The number of nitrogens with one attached hydrogen (secondary N) is 1. The second-order valence-electron chi connectivity index (χ2n) is 8.35. The lowest BCUT2D eigenvalue weighted by Crippen LogP contribution is -3.15. The lowest BCUT2D eigenvalue weighted by molar-refractivity contribution is -0.892. The summed E-state index contributed by atoms with van der Waals surface area (Å²) in [5.41, 5.74) is 4.29. The Morgan fingerprint density at radius 2 is 2.03 bits per heavy atom. The molecule has 4 rings (SSSR count). The van der Waals surface area contributed by atoms with Gasteiger partial charge < -0.3 is 19.1 Å². The highest BCUT2D eigenvalue weighted by Crippen LogP contribution is 2.21. The summed E-state index contributed by atoms with van der Waals surface area (Å²) in [7, 11) is 0. The average molecular weight is 417 g/mol. The van der Waals surface area contributed by atoms with Crippen molar-refractivity contribution in [1.82, 2.24) is 4.57 Å². The first kappa shape index (κ1) is 20.5. The van der Waals surface area contributed by atoms with Crippen LogP contribution in [0.25, 0.3) is 0 Å². The highest BCUT2D eigenvalue weighted by Gasteiger charge is 2.26. The topological polar surface area (TPSA) is 38.9 Å². The second kappa shape index (κ2) is 8.90. The summed E-state index contributed by atoms with van der Waals surface area (Å²) in [4.78, 5) is 16.7. The SMILES string of the molecule is Cc1cc(C(=O)C[NH+]2CCN(c3cccc(Cl)c3)CC2)c(C)n1C[C@H]1CCCO1. The summed E-state index contributed by atoms with van der Waals surface area (Å²) in [5.74, 6) is 0.253. The summed E-state index contributed by atoms with van der Waals surface area (Å²) in [6, 6.07) is 10.1. The van der Waals surface area contributed by atoms with Crippen LogP contribution >= 0.6 is 11.6 Å². The molecule has 0 amide bonds. The molecule has 6 heteroatoms. The number of halogens is 1. The van der Waals surface area contributed by atoms with Crippen molar-refractivity contribution in [1.29, 1.82) is 0 Å². The van der Waals surface area contributed by atoms with Crippen LogP contribution in [0.3, 0.4) is 0 Å². The van der Waals surface area contributed by atoms with Crippen molar-refractivity contribution in [3.8, 4) is 0 Å². The molecule has 2 aliphatic rings. The summed E-state index contributed by atoms with van der Waals surface area (Å²) in [6.45, 7) is 10.3. The summed E-state index contributed by atoms with van der Waals surface area (Å²) >= 11 is 6.13. The third-order valence-electron chi connectivity index (χ3n) is 6.34. The Labute approximate surface area is 178 Å². The zero-order valence-electron chi connectivity index (χ0n) is 17.4. The van der Waals surface area contributed by atoms with E-state index in [4.69, 9.17) is 16.3 Å². The van der Waals surface area contributed by atoms with Crippen LogP contribution < -0.4 is 9.80 Å². The first-order valence-corrected chi connectivity index (χ1v) is 11.0. The lowest BCUT2D eigenvalue weighted by Gasteiger charge is -2.33. The van der Waals surface area contributed by atoms with E-state index in [2.05, 4.69) is 35.4 Å². The number of quaternary nitrogens is 1. The molecule has 1 aromatic heterocycles. The molecule has 0 bridgehead atoms. The molecule has 3 heterocycles. The largest absolute Gasteiger partial charge is 0.376 e. The first-order chi connectivity index (χ1) is 14.0. The first-order valence-electron chi connectivity index (χ1n) is 10.7. The molecule has 2 aromatic rings. The number of hydrogen-bond donors (Lipinski definition) is 1. The van der Waals surface area contributed by atoms with Crippen LogP contribution in [0.15, 0.2) is 30.3 Å². The van der Waals surface area contributed by atoms with E-state index in [0.29, 0.717) is 6.54 Å². The molecule has 1 atom stereocenters. The van der Waals surface area contributed by atoms with E-state index < -0.39 is 0 Å². The highest BCUT2D eigenvalue weighted by molar-refractivity contribution is 6.30. The molecule has 2 saturated heterocycles. The predicted octanol–water partition coefficient (Wildman–Crippen LogP) is 2.53. The van der Waals surface area contributed by atoms with Crippen molar-refractivity contribution < 1.29 is 14.4 Å². The van der Waals surface area contributed by atoms with Crippen LogP contribution in [0.1, 0.15) is 34.6 Å². The third kappa shape index (κ3) is 4.68. The molecule has 1 aromatic carbocycles. The summed E-state index contributed by atoms with van der Waals surface area (Å²) < 4.78 is 8.05. The third-order valence-corrected chi connectivity index (χ3v) is 6.57. The van der Waals surface area contributed by atoms with E-state index in [1.807, 2.05) is 18.2 Å². The average Bonchev–Trinajstić information content (AvgIpc) is 3.32. The number of ketones is 1. The molecule has 0 unspecified atom stereocenters. The van der Waals surface area contributed by atoms with Crippen molar-refractivity contribution in [3.63, 3.8) is 0 Å². The van der Waals surface area contributed by atoms with E-state index in [0.717, 1.165) is 74.1 Å². The molecule has 29 heavy (non-hydrogen) atoms. The quantitative estimate of drug-likeness (QED) is 0.735. The van der Waals surface area contributed by atoms with Gasteiger partial charge in [0, 0.05) is 40.8 Å². The Morgan fingerprint density at radius 3 is 2.72 bits per heavy atom. The van der Waals surface area contributed by atoms with Crippen molar-refractivity contribution >= 4 is 23.1 Å². The fourth-order valence-electron chi connectivity index (χ4n) is 4.61. The Morgan fingerprint density at radius 1 is 1.24 bits per heavy atom. The number of piperazine rings is 1. The molecular weight excluding hydrogens is 386 g/mol. The van der Waals surface area contributed by atoms with Crippen LogP contribution in [-0.4, -0.2) is 55.8 Å². The van der Waals surface area contributed by atoms with E-state index in [1.54, 1.807) is 0 Å². The Bertz CT molecular complexity index is 865. The number of aromatic nitrogens is 1. The molecule has 2 fully saturated rings. The Hall–Kier alpha value is -1.82. The number of hydrogen-bond acceptors (Lipinski definition) is 3. The maximum absolute atomic E-state index is 13.0. The summed E-state index contributed by atoms with van der Waals surface area (Å²) in [5, 5.41) is 0.769. The van der Waals surface area contributed by atoms with Gasteiger partial charge in [0.2, 0.25) is 5.78 Å². The predicted molar refractivity (Wildman–Crippen MR) is 116 cm³/mol. The monoisotopic (exact) mass is 416 g/mol. The van der Waals surface area contributed by atoms with Crippen molar-refractivity contribution in [2.75, 3.05) is 44.2 Å². The summed E-state index contributed by atoms with van der Waals surface area (Å²) in [6.07, 6.45) is 2.54. The minimum absolute atomic E-state index is 0.253. The molecule has 156 valence electrons. The van der Waals surface area contributed by atoms with E-state index in [-0.39, 0.29) is 11.9 Å². The van der Waals surface area contributed by atoms with Crippen LogP contribution in [0.2, 0.25) is 5.02 Å². The molecule has 0 radical (unpaired) electrons. The van der Waals surface area contributed by atoms with Gasteiger partial charge in [0.15, 0.2) is 0 Å². The van der Waals surface area contributed by atoms with Gasteiger partial charge in [-0.05, 0) is 51.0 Å². The Balaban J connectivity index is 1.35. The minimum Gasteiger partial charge on any atom is -0.376 e. The molecule has 2 aliphatic heterocycles. The fraction of sp³-hybridized carbons (Fsp3) is 0.522. The van der Waals surface area contributed by atoms with Gasteiger partial charge in [-0.1, -0.05) is 17.7 Å². The maximum atomic E-state index is 13.0. The van der Waals surface area contributed by atoms with Crippen molar-refractivity contribution in [2.24, 2.45) is 0 Å². The lowest BCUT2D eigenvalue weighted by atomic mass is 10.1. The van der Waals surface area contributed by atoms with E-state index in [9.17, 15) is 4.79 Å². The standard InChI is InChI=1S/C23H30ClN3O2/c1-17-13-22(18(2)27(17)15-21-7-4-12-29-21)23(28)16-25-8-10-26(11-9-25)20-6-3-5-19(24)14-20/h3,5-6,13-14,21H,4,7-12,15-16H2,1-2H3/p+1/t21-/m1/s1. The number of rotatable bonds is 6. The zero-order valence-corrected chi connectivity index (χ0v) is 18.2. The number of Topliss-reactive ketones (excluding diaryl/α,β-unsaturated/α-hetero) is 1. The van der Waals surface area contributed by atoms with Crippen LogP contribution in [0.5, 0.6) is 0 Å². The minimum atomic E-state index is 0.253. The zero-order chi connectivity index (χ0) is 20.4. The van der Waals surface area contributed by atoms with Crippen LogP contribution in [0, 0.1) is 13.8 Å². The number of carbonyl (C=O) groups is 1. The molecule has 5 nitrogen and oxygen atoms in total. The van der Waals surface area contributed by atoms with Gasteiger partial charge in [-0.15, -0.1) is 0 Å². The number of nitrogens with zero attached hydrogens (tertiary/aromatic N) is 2. The van der Waals surface area contributed by atoms with Gasteiger partial charge in [0.25, 0.3) is 0 Å². The number of benzene rings is 1. The van der Waals surface area contributed by atoms with Crippen molar-refractivity contribution in [2.45, 2.75) is 39.3 Å². The molecular formula is C23H31ClN3O2+. The van der Waals surface area contributed by atoms with Gasteiger partial charge >= 0.3 is 0 Å². The number of carbonyl (C=O) groups excluding carboxylic acids is 1. The van der Waals surface area contributed by atoms with Crippen LogP contribution in [-0.2, 0) is 11.3 Å². The smallest absolute Gasteiger partial charge is 0.218 e. The number of ether oxygens (including phenoxy) is 1. The molecule has 0 spiro atoms. The van der Waals surface area contributed by atoms with E-state index >= 15 is 0 Å². The fourth-order valence-corrected chi connectivity index (χ4v) is 4.79. The molecule has 0 aliphatic carbocycles.